The van der Waals surface area contributed by atoms with E-state index in [4.69, 9.17) is 21.1 Å². The number of carbonyl (C=O) groups excluding carboxylic acids is 1. The normalized spacial score (nSPS) is 12.1. The molecule has 0 fully saturated rings. The summed E-state index contributed by atoms with van der Waals surface area (Å²) in [6.45, 7) is 1.56. The average Bonchev–Trinajstić information content (AvgIpc) is 2.88. The summed E-state index contributed by atoms with van der Waals surface area (Å²) in [4.78, 5) is 17.7. The number of hydrogen-bond acceptors (Lipinski definition) is 5. The van der Waals surface area contributed by atoms with Crippen LogP contribution in [0.3, 0.4) is 0 Å². The van der Waals surface area contributed by atoms with E-state index < -0.39 is 0 Å². The Morgan fingerprint density at radius 2 is 1.74 bits per heavy atom. The summed E-state index contributed by atoms with van der Waals surface area (Å²) in [5, 5.41) is 6.91. The third-order valence-corrected chi connectivity index (χ3v) is 5.73. The number of benzene rings is 3. The summed E-state index contributed by atoms with van der Waals surface area (Å²) in [6, 6.07) is 24.5. The van der Waals surface area contributed by atoms with Crippen LogP contribution in [0.5, 0.6) is 11.5 Å². The first kappa shape index (κ1) is 21.8. The second-order valence-corrected chi connectivity index (χ2v) is 8.15. The van der Waals surface area contributed by atoms with E-state index in [1.54, 1.807) is 42.6 Å². The topological polar surface area (TPSA) is 72.5 Å². The third-order valence-electron chi connectivity index (χ3n) is 5.42. The molecule has 170 valence electrons. The number of halogens is 1. The van der Waals surface area contributed by atoms with Gasteiger partial charge < -0.3 is 20.1 Å². The number of ether oxygens (including phenoxy) is 2. The molecule has 4 aromatic rings. The van der Waals surface area contributed by atoms with Crippen molar-refractivity contribution >= 4 is 28.9 Å². The Kier molecular flexibility index (Phi) is 6.31. The molecule has 0 bridgehead atoms. The van der Waals surface area contributed by atoms with Gasteiger partial charge in [0.05, 0.1) is 16.3 Å². The molecule has 2 heterocycles. The molecule has 0 aliphatic carbocycles. The van der Waals surface area contributed by atoms with E-state index in [0.717, 1.165) is 11.1 Å². The zero-order valence-electron chi connectivity index (χ0n) is 18.3. The van der Waals surface area contributed by atoms with Crippen molar-refractivity contribution in [2.75, 3.05) is 23.8 Å². The number of nitrogens with zero attached hydrogens (tertiary/aromatic N) is 1. The molecule has 0 saturated carbocycles. The number of carbonyl (C=O) groups is 1. The molecule has 0 unspecified atom stereocenters. The maximum atomic E-state index is 13.3. The number of nitrogens with one attached hydrogen (secondary N) is 2. The van der Waals surface area contributed by atoms with E-state index in [1.807, 2.05) is 42.5 Å². The summed E-state index contributed by atoms with van der Waals surface area (Å²) in [5.41, 5.74) is 4.38. The Balaban J connectivity index is 1.44. The number of amides is 1. The highest BCUT2D eigenvalue weighted by atomic mass is 35.5. The fourth-order valence-electron chi connectivity index (χ4n) is 3.75. The standard InChI is InChI=1S/C27H22ClN3O3/c28-22-7-4-12-29-26(22)19-8-10-21(23(15-19)30-17-18-5-2-1-3-6-18)27(32)31-20-9-11-24-25(16-20)34-14-13-33-24/h1-12,15-16,30H,13-14,17H2,(H,31,32). The van der Waals surface area contributed by atoms with Crippen LogP contribution in [0, 0.1) is 0 Å². The van der Waals surface area contributed by atoms with Crippen molar-refractivity contribution in [2.45, 2.75) is 6.54 Å². The van der Waals surface area contributed by atoms with Crippen molar-refractivity contribution in [3.8, 4) is 22.8 Å². The van der Waals surface area contributed by atoms with Gasteiger partial charge in [-0.3, -0.25) is 9.78 Å². The minimum absolute atomic E-state index is 0.245. The summed E-state index contributed by atoms with van der Waals surface area (Å²) in [6.07, 6.45) is 1.70. The van der Waals surface area contributed by atoms with Gasteiger partial charge in [-0.1, -0.05) is 48.0 Å². The highest BCUT2D eigenvalue weighted by Gasteiger charge is 2.17. The van der Waals surface area contributed by atoms with E-state index in [-0.39, 0.29) is 5.91 Å². The van der Waals surface area contributed by atoms with Gasteiger partial charge in [-0.05, 0) is 42.0 Å². The SMILES string of the molecule is O=C(Nc1ccc2c(c1)OCCO2)c1ccc(-c2ncccc2Cl)cc1NCc1ccccc1. The Morgan fingerprint density at radius 1 is 0.912 bits per heavy atom. The largest absolute Gasteiger partial charge is 0.486 e. The van der Waals surface area contributed by atoms with Gasteiger partial charge in [-0.2, -0.15) is 0 Å². The number of rotatable bonds is 6. The van der Waals surface area contributed by atoms with Gasteiger partial charge >= 0.3 is 0 Å². The van der Waals surface area contributed by atoms with Crippen molar-refractivity contribution in [1.82, 2.24) is 4.98 Å². The van der Waals surface area contributed by atoms with Gasteiger partial charge in [-0.25, -0.2) is 0 Å². The first-order valence-electron chi connectivity index (χ1n) is 10.9. The monoisotopic (exact) mass is 471 g/mol. The fourth-order valence-corrected chi connectivity index (χ4v) is 3.98. The van der Waals surface area contributed by atoms with Crippen LogP contribution in [0.1, 0.15) is 15.9 Å². The molecule has 5 rings (SSSR count). The number of pyridine rings is 1. The van der Waals surface area contributed by atoms with E-state index in [9.17, 15) is 4.79 Å². The molecule has 1 amide bonds. The van der Waals surface area contributed by atoms with Crippen LogP contribution in [0.4, 0.5) is 11.4 Å². The van der Waals surface area contributed by atoms with E-state index in [0.29, 0.717) is 58.9 Å². The lowest BCUT2D eigenvalue weighted by atomic mass is 10.0. The Hall–Kier alpha value is -4.03. The molecule has 2 N–H and O–H groups in total. The lowest BCUT2D eigenvalue weighted by molar-refractivity contribution is 0.102. The molecule has 7 heteroatoms. The van der Waals surface area contributed by atoms with Crippen molar-refractivity contribution < 1.29 is 14.3 Å². The minimum Gasteiger partial charge on any atom is -0.486 e. The Labute approximate surface area is 202 Å². The van der Waals surface area contributed by atoms with E-state index >= 15 is 0 Å². The molecule has 1 aromatic heterocycles. The lowest BCUT2D eigenvalue weighted by Gasteiger charge is -2.19. The number of anilines is 2. The Morgan fingerprint density at radius 3 is 2.56 bits per heavy atom. The highest BCUT2D eigenvalue weighted by molar-refractivity contribution is 6.33. The van der Waals surface area contributed by atoms with Crippen molar-refractivity contribution in [2.24, 2.45) is 0 Å². The van der Waals surface area contributed by atoms with Gasteiger partial charge in [0.25, 0.3) is 5.91 Å². The number of fused-ring (bicyclic) bond motifs is 1. The quantitative estimate of drug-likeness (QED) is 0.359. The molecule has 3 aromatic carbocycles. The summed E-state index contributed by atoms with van der Waals surface area (Å²) in [7, 11) is 0. The maximum Gasteiger partial charge on any atom is 0.257 e. The van der Waals surface area contributed by atoms with Crippen LogP contribution >= 0.6 is 11.6 Å². The van der Waals surface area contributed by atoms with Crippen molar-refractivity contribution in [1.29, 1.82) is 0 Å². The second kappa shape index (κ2) is 9.85. The van der Waals surface area contributed by atoms with Crippen LogP contribution in [-0.4, -0.2) is 24.1 Å². The van der Waals surface area contributed by atoms with Gasteiger partial charge in [0.2, 0.25) is 0 Å². The molecule has 0 saturated heterocycles. The minimum atomic E-state index is -0.245. The lowest BCUT2D eigenvalue weighted by Crippen LogP contribution is -2.17. The predicted molar refractivity (Wildman–Crippen MR) is 134 cm³/mol. The molecule has 1 aliphatic heterocycles. The van der Waals surface area contributed by atoms with E-state index in [1.165, 1.54) is 0 Å². The van der Waals surface area contributed by atoms with Gasteiger partial charge in [0.1, 0.15) is 13.2 Å². The van der Waals surface area contributed by atoms with Crippen LogP contribution in [0.15, 0.2) is 85.1 Å². The first-order chi connectivity index (χ1) is 16.7. The van der Waals surface area contributed by atoms with E-state index in [2.05, 4.69) is 15.6 Å². The van der Waals surface area contributed by atoms with Crippen LogP contribution in [0.25, 0.3) is 11.3 Å². The third kappa shape index (κ3) is 4.82. The zero-order valence-corrected chi connectivity index (χ0v) is 19.0. The molecule has 34 heavy (non-hydrogen) atoms. The molecular formula is C27H22ClN3O3. The molecule has 0 radical (unpaired) electrons. The maximum absolute atomic E-state index is 13.3. The average molecular weight is 472 g/mol. The smallest absolute Gasteiger partial charge is 0.257 e. The molecule has 0 atom stereocenters. The predicted octanol–water partition coefficient (Wildman–Crippen LogP) is 6.04. The Bertz CT molecular complexity index is 1330. The summed E-state index contributed by atoms with van der Waals surface area (Å²) in [5.74, 6) is 1.04. The highest BCUT2D eigenvalue weighted by Crippen LogP contribution is 2.34. The first-order valence-corrected chi connectivity index (χ1v) is 11.3. The summed E-state index contributed by atoms with van der Waals surface area (Å²) >= 11 is 6.37. The fraction of sp³-hybridized carbons (Fsp3) is 0.111. The van der Waals surface area contributed by atoms with Crippen LogP contribution < -0.4 is 20.1 Å². The molecule has 1 aliphatic rings. The van der Waals surface area contributed by atoms with Gasteiger partial charge in [0.15, 0.2) is 11.5 Å². The van der Waals surface area contributed by atoms with Crippen LogP contribution in [0.2, 0.25) is 5.02 Å². The number of hydrogen-bond donors (Lipinski definition) is 2. The van der Waals surface area contributed by atoms with Crippen LogP contribution in [-0.2, 0) is 6.54 Å². The van der Waals surface area contributed by atoms with Gasteiger partial charge in [-0.15, -0.1) is 0 Å². The molecule has 6 nitrogen and oxygen atoms in total. The van der Waals surface area contributed by atoms with Crippen molar-refractivity contribution in [3.63, 3.8) is 0 Å². The van der Waals surface area contributed by atoms with Gasteiger partial charge in [0, 0.05) is 35.7 Å². The summed E-state index contributed by atoms with van der Waals surface area (Å²) < 4.78 is 11.2. The molecular weight excluding hydrogens is 450 g/mol. The zero-order chi connectivity index (χ0) is 23.3. The van der Waals surface area contributed by atoms with Crippen molar-refractivity contribution in [3.05, 3.63) is 101 Å². The number of aromatic nitrogens is 1. The second-order valence-electron chi connectivity index (χ2n) is 7.75. The molecule has 0 spiro atoms.